The first-order valence-corrected chi connectivity index (χ1v) is 7.36. The lowest BCUT2D eigenvalue weighted by atomic mass is 10.2. The van der Waals surface area contributed by atoms with E-state index in [1.54, 1.807) is 38.1 Å². The second-order valence-corrected chi connectivity index (χ2v) is 6.10. The van der Waals surface area contributed by atoms with Gasteiger partial charge in [0.05, 0.1) is 0 Å². The Labute approximate surface area is 130 Å². The van der Waals surface area contributed by atoms with Crippen molar-refractivity contribution in [1.29, 1.82) is 0 Å². The molecule has 8 heteroatoms. The summed E-state index contributed by atoms with van der Waals surface area (Å²) in [6.07, 6.45) is 0. The lowest BCUT2D eigenvalue weighted by Gasteiger charge is -2.09. The molecule has 0 bridgehead atoms. The van der Waals surface area contributed by atoms with Crippen LogP contribution in [0.3, 0.4) is 0 Å². The summed E-state index contributed by atoms with van der Waals surface area (Å²) in [6, 6.07) is 6.86. The largest absolute Gasteiger partial charge is 0.326 e. The average Bonchev–Trinajstić information content (AvgIpc) is 2.86. The number of carbonyl (C=O) groups excluding carboxylic acids is 2. The Morgan fingerprint density at radius 3 is 2.43 bits per heavy atom. The molecule has 0 atom stereocenters. The molecule has 2 N–H and O–H groups in total. The van der Waals surface area contributed by atoms with Crippen LogP contribution in [-0.4, -0.2) is 22.0 Å². The van der Waals surface area contributed by atoms with Crippen LogP contribution in [0.4, 0.5) is 11.4 Å². The van der Waals surface area contributed by atoms with E-state index in [0.717, 1.165) is 11.3 Å². The second kappa shape index (κ2) is 6.64. The van der Waals surface area contributed by atoms with Crippen LogP contribution in [0.25, 0.3) is 0 Å². The summed E-state index contributed by atoms with van der Waals surface area (Å²) in [7, 11) is 0. The first kappa shape index (κ1) is 15.4. The van der Waals surface area contributed by atoms with Gasteiger partial charge in [0.1, 0.15) is 0 Å². The van der Waals surface area contributed by atoms with Crippen molar-refractivity contribution in [3.63, 3.8) is 0 Å². The number of aromatic nitrogens is 2. The van der Waals surface area contributed by atoms with Crippen molar-refractivity contribution in [2.75, 3.05) is 10.6 Å². The molecule has 1 aromatic carbocycles. The minimum absolute atomic E-state index is 0.0885. The minimum Gasteiger partial charge on any atom is -0.326 e. The molecule has 2 amide bonds. The Kier molecular flexibility index (Phi) is 4.87. The number of hydrogen-bond donors (Lipinski definition) is 2. The van der Waals surface area contributed by atoms with Gasteiger partial charge in [0.25, 0.3) is 5.91 Å². The van der Waals surface area contributed by atoms with Crippen molar-refractivity contribution < 1.29 is 9.59 Å². The van der Waals surface area contributed by atoms with Gasteiger partial charge in [-0.05, 0) is 29.8 Å². The fourth-order valence-corrected chi connectivity index (χ4v) is 2.17. The van der Waals surface area contributed by atoms with Crippen LogP contribution in [0.1, 0.15) is 23.6 Å². The number of rotatable bonds is 4. The van der Waals surface area contributed by atoms with Crippen LogP contribution in [0.5, 0.6) is 0 Å². The molecule has 0 fully saturated rings. The summed E-state index contributed by atoms with van der Waals surface area (Å²) >= 11 is 6.63. The van der Waals surface area contributed by atoms with Gasteiger partial charge in [-0.15, -0.1) is 10.2 Å². The minimum atomic E-state index is -0.397. The first-order valence-electron chi connectivity index (χ1n) is 6.17. The van der Waals surface area contributed by atoms with Crippen molar-refractivity contribution in [2.45, 2.75) is 13.8 Å². The first-order chi connectivity index (χ1) is 9.95. The molecule has 0 unspecified atom stereocenters. The Morgan fingerprint density at radius 1 is 1.19 bits per heavy atom. The molecule has 2 rings (SSSR count). The zero-order valence-electron chi connectivity index (χ0n) is 11.4. The molecule has 6 nitrogen and oxygen atoms in total. The monoisotopic (exact) mass is 324 g/mol. The summed E-state index contributed by atoms with van der Waals surface area (Å²) in [5.41, 5.74) is 1.16. The van der Waals surface area contributed by atoms with Crippen molar-refractivity contribution in [2.24, 2.45) is 5.92 Å². The lowest BCUT2D eigenvalue weighted by Crippen LogP contribution is -2.18. The molecule has 0 aliphatic carbocycles. The number of nitrogens with one attached hydrogen (secondary N) is 2. The Bertz CT molecular complexity index is 672. The van der Waals surface area contributed by atoms with E-state index in [0.29, 0.717) is 11.4 Å². The molecule has 0 saturated carbocycles. The van der Waals surface area contributed by atoms with Gasteiger partial charge in [-0.1, -0.05) is 31.3 Å². The van der Waals surface area contributed by atoms with Gasteiger partial charge in [-0.2, -0.15) is 0 Å². The predicted molar refractivity (Wildman–Crippen MR) is 82.8 cm³/mol. The fourth-order valence-electron chi connectivity index (χ4n) is 1.44. The van der Waals surface area contributed by atoms with Crippen molar-refractivity contribution in [3.8, 4) is 0 Å². The van der Waals surface area contributed by atoms with E-state index in [1.165, 1.54) is 0 Å². The molecule has 110 valence electrons. The van der Waals surface area contributed by atoms with Crippen LogP contribution in [-0.2, 0) is 4.79 Å². The summed E-state index contributed by atoms with van der Waals surface area (Å²) in [5.74, 6) is -0.604. The molecular weight excluding hydrogens is 312 g/mol. The van der Waals surface area contributed by atoms with E-state index >= 15 is 0 Å². The van der Waals surface area contributed by atoms with Gasteiger partial charge in [-0.3, -0.25) is 9.59 Å². The maximum Gasteiger partial charge on any atom is 0.286 e. The second-order valence-electron chi connectivity index (χ2n) is 4.54. The van der Waals surface area contributed by atoms with E-state index in [1.807, 2.05) is 0 Å². The van der Waals surface area contributed by atoms with Gasteiger partial charge >= 0.3 is 0 Å². The Morgan fingerprint density at radius 2 is 1.86 bits per heavy atom. The molecule has 0 saturated heterocycles. The highest BCUT2D eigenvalue weighted by molar-refractivity contribution is 7.17. The molecule has 1 aromatic heterocycles. The number of carbonyl (C=O) groups is 2. The number of anilines is 2. The van der Waals surface area contributed by atoms with Crippen LogP contribution in [0.15, 0.2) is 24.3 Å². The smallest absolute Gasteiger partial charge is 0.286 e. The summed E-state index contributed by atoms with van der Waals surface area (Å²) in [4.78, 5) is 23.6. The normalized spacial score (nSPS) is 10.5. The molecule has 0 spiro atoms. The standard InChI is InChI=1S/C13H13ClN4O2S/c1-7(2)10(19)15-8-4-3-5-9(6-8)16-11(20)12-17-18-13(14)21-12/h3-7H,1-2H3,(H,15,19)(H,16,20). The SMILES string of the molecule is CC(C)C(=O)Nc1cccc(NC(=O)c2nnc(Cl)s2)c1. The van der Waals surface area contributed by atoms with Crippen LogP contribution < -0.4 is 10.6 Å². The Balaban J connectivity index is 2.07. The molecule has 0 aliphatic heterocycles. The van der Waals surface area contributed by atoms with Gasteiger partial charge in [-0.25, -0.2) is 0 Å². The molecular formula is C13H13ClN4O2S. The third-order valence-electron chi connectivity index (χ3n) is 2.51. The number of amides is 2. The van der Waals surface area contributed by atoms with Crippen molar-refractivity contribution in [1.82, 2.24) is 10.2 Å². The highest BCUT2D eigenvalue weighted by Crippen LogP contribution is 2.19. The van der Waals surface area contributed by atoms with Gasteiger partial charge in [0.15, 0.2) is 0 Å². The topological polar surface area (TPSA) is 84.0 Å². The van der Waals surface area contributed by atoms with Gasteiger partial charge in [0.2, 0.25) is 15.4 Å². The van der Waals surface area contributed by atoms with E-state index in [-0.39, 0.29) is 21.3 Å². The third kappa shape index (κ3) is 4.24. The summed E-state index contributed by atoms with van der Waals surface area (Å²) in [6.45, 7) is 3.61. The predicted octanol–water partition coefficient (Wildman–Crippen LogP) is 3.04. The number of benzene rings is 1. The quantitative estimate of drug-likeness (QED) is 0.905. The van der Waals surface area contributed by atoms with E-state index in [9.17, 15) is 9.59 Å². The molecule has 21 heavy (non-hydrogen) atoms. The highest BCUT2D eigenvalue weighted by Gasteiger charge is 2.13. The van der Waals surface area contributed by atoms with E-state index in [2.05, 4.69) is 20.8 Å². The summed E-state index contributed by atoms with van der Waals surface area (Å²) in [5, 5.41) is 12.8. The van der Waals surface area contributed by atoms with Crippen molar-refractivity contribution >= 4 is 46.1 Å². The average molecular weight is 325 g/mol. The van der Waals surface area contributed by atoms with Gasteiger partial charge in [0, 0.05) is 17.3 Å². The summed E-state index contributed by atoms with van der Waals surface area (Å²) < 4.78 is 0.207. The number of hydrogen-bond acceptors (Lipinski definition) is 5. The van der Waals surface area contributed by atoms with Gasteiger partial charge < -0.3 is 10.6 Å². The third-order valence-corrected chi connectivity index (χ3v) is 3.52. The zero-order valence-corrected chi connectivity index (χ0v) is 13.0. The maximum atomic E-state index is 11.9. The van der Waals surface area contributed by atoms with E-state index in [4.69, 9.17) is 11.6 Å². The number of halogens is 1. The molecule has 2 aromatic rings. The van der Waals surface area contributed by atoms with Crippen LogP contribution in [0, 0.1) is 5.92 Å². The Hall–Kier alpha value is -1.99. The van der Waals surface area contributed by atoms with Crippen molar-refractivity contribution in [3.05, 3.63) is 33.7 Å². The fraction of sp³-hybridized carbons (Fsp3) is 0.231. The maximum absolute atomic E-state index is 11.9. The molecule has 0 radical (unpaired) electrons. The molecule has 0 aliphatic rings. The van der Waals surface area contributed by atoms with Crippen LogP contribution in [0.2, 0.25) is 4.47 Å². The number of nitrogens with zero attached hydrogens (tertiary/aromatic N) is 2. The lowest BCUT2D eigenvalue weighted by molar-refractivity contribution is -0.118. The van der Waals surface area contributed by atoms with E-state index < -0.39 is 5.91 Å². The van der Waals surface area contributed by atoms with Crippen LogP contribution >= 0.6 is 22.9 Å². The highest BCUT2D eigenvalue weighted by atomic mass is 35.5. The zero-order chi connectivity index (χ0) is 15.4. The molecule has 1 heterocycles.